The average Bonchev–Trinajstić information content (AvgIpc) is 2.85. The summed E-state index contributed by atoms with van der Waals surface area (Å²) in [5.41, 5.74) is 11.3. The van der Waals surface area contributed by atoms with Crippen molar-refractivity contribution in [1.29, 1.82) is 0 Å². The van der Waals surface area contributed by atoms with Gasteiger partial charge in [0.2, 0.25) is 0 Å². The third kappa shape index (κ3) is 3.62. The van der Waals surface area contributed by atoms with Crippen LogP contribution >= 0.6 is 0 Å². The molecule has 0 spiro atoms. The smallest absolute Gasteiger partial charge is 0.157 e. The van der Waals surface area contributed by atoms with Crippen molar-refractivity contribution in [3.8, 4) is 0 Å². The summed E-state index contributed by atoms with van der Waals surface area (Å²) in [6, 6.07) is 9.26. The molecule has 1 atom stereocenters. The number of aryl methyl sites for hydroxylation is 6. The number of rotatable bonds is 2. The first-order valence-corrected chi connectivity index (χ1v) is 8.62. The van der Waals surface area contributed by atoms with Gasteiger partial charge in [-0.2, -0.15) is 0 Å². The minimum Gasteiger partial charge on any atom is -1.00 e. The monoisotopic (exact) mass is 436 g/mol. The quantitative estimate of drug-likeness (QED) is 0.676. The van der Waals surface area contributed by atoms with Crippen molar-refractivity contribution in [2.24, 2.45) is 0 Å². The molecule has 1 unspecified atom stereocenters. The van der Waals surface area contributed by atoms with E-state index in [0.717, 1.165) is 13.2 Å². The molecule has 1 fully saturated rings. The molecule has 130 valence electrons. The molecule has 1 saturated heterocycles. The Morgan fingerprint density at radius 2 is 1.21 bits per heavy atom. The van der Waals surface area contributed by atoms with Crippen LogP contribution in [-0.2, 0) is 0 Å². The molecule has 1 heterocycles. The lowest BCUT2D eigenvalue weighted by atomic mass is 10.0. The summed E-state index contributed by atoms with van der Waals surface area (Å²) in [7, 11) is 0. The van der Waals surface area contributed by atoms with E-state index in [9.17, 15) is 0 Å². The highest BCUT2D eigenvalue weighted by atomic mass is 127. The number of nitrogens with one attached hydrogen (secondary N) is 1. The molecular weight excluding hydrogens is 407 g/mol. The highest BCUT2D eigenvalue weighted by Crippen LogP contribution is 2.27. The van der Waals surface area contributed by atoms with E-state index in [-0.39, 0.29) is 24.0 Å². The van der Waals surface area contributed by atoms with Crippen molar-refractivity contribution in [3.05, 3.63) is 57.6 Å². The Balaban J connectivity index is 0.00000208. The zero-order chi connectivity index (χ0) is 16.7. The van der Waals surface area contributed by atoms with Crippen LogP contribution in [0.3, 0.4) is 0 Å². The maximum Gasteiger partial charge on any atom is 0.157 e. The molecule has 1 aliphatic heterocycles. The topological polar surface area (TPSA) is 7.68 Å². The van der Waals surface area contributed by atoms with Crippen LogP contribution < -0.4 is 33.8 Å². The van der Waals surface area contributed by atoms with Crippen molar-refractivity contribution in [2.45, 2.75) is 41.5 Å². The second-order valence-corrected chi connectivity index (χ2v) is 7.30. The van der Waals surface area contributed by atoms with Gasteiger partial charge in [0, 0.05) is 16.8 Å². The van der Waals surface area contributed by atoms with E-state index in [1.54, 1.807) is 4.90 Å². The number of nitrogens with zero attached hydrogens (tertiary/aromatic N) is 1. The van der Waals surface area contributed by atoms with Gasteiger partial charge in [0.1, 0.15) is 12.2 Å². The molecule has 3 heteroatoms. The molecule has 1 N–H and O–H groups in total. The molecule has 3 rings (SSSR count). The van der Waals surface area contributed by atoms with E-state index in [0.29, 0.717) is 0 Å². The molecule has 2 nitrogen and oxygen atoms in total. The van der Waals surface area contributed by atoms with Crippen LogP contribution in [0.25, 0.3) is 0 Å². The maximum absolute atomic E-state index is 2.57. The molecule has 0 aliphatic carbocycles. The first kappa shape index (κ1) is 19.3. The Morgan fingerprint density at radius 3 is 1.71 bits per heavy atom. The Hall–Kier alpha value is -1.07. The highest BCUT2D eigenvalue weighted by Gasteiger charge is 2.29. The van der Waals surface area contributed by atoms with Crippen molar-refractivity contribution in [1.82, 2.24) is 0 Å². The zero-order valence-corrected chi connectivity index (χ0v) is 17.9. The second kappa shape index (κ2) is 7.44. The van der Waals surface area contributed by atoms with Crippen LogP contribution in [0.1, 0.15) is 33.4 Å². The van der Waals surface area contributed by atoms with Crippen LogP contribution in [-0.4, -0.2) is 19.8 Å². The van der Waals surface area contributed by atoms with Gasteiger partial charge in [-0.1, -0.05) is 35.4 Å². The van der Waals surface area contributed by atoms with Gasteiger partial charge in [-0.15, -0.1) is 0 Å². The Kier molecular flexibility index (Phi) is 5.97. The standard InChI is InChI=1S/C21H28N2.HI/c1-14-9-16(3)20(17(4)10-14)22-7-8-23(13-22)21-18(5)11-15(2)12-19(21)6;/h9-12H,7-8,13H2,1-6H3;1H. The molecule has 2 aromatic rings. The van der Waals surface area contributed by atoms with E-state index in [1.807, 2.05) is 0 Å². The molecule has 0 bridgehead atoms. The van der Waals surface area contributed by atoms with E-state index in [1.165, 1.54) is 51.3 Å². The predicted molar refractivity (Wildman–Crippen MR) is 99.0 cm³/mol. The largest absolute Gasteiger partial charge is 1.00 e. The predicted octanol–water partition coefficient (Wildman–Crippen LogP) is 0.535. The SMILES string of the molecule is Cc1cc(C)c(N2CC[NH+](c3c(C)cc(C)cc3C)C2)c(C)c1.[I-]. The summed E-state index contributed by atoms with van der Waals surface area (Å²) in [6.07, 6.45) is 0. The number of halogens is 1. The van der Waals surface area contributed by atoms with Gasteiger partial charge in [0.15, 0.2) is 6.67 Å². The lowest BCUT2D eigenvalue weighted by Gasteiger charge is -2.23. The van der Waals surface area contributed by atoms with Crippen LogP contribution in [0.2, 0.25) is 0 Å². The molecule has 1 aliphatic rings. The Morgan fingerprint density at radius 1 is 0.750 bits per heavy atom. The molecule has 0 amide bonds. The second-order valence-electron chi connectivity index (χ2n) is 7.30. The van der Waals surface area contributed by atoms with Gasteiger partial charge >= 0.3 is 0 Å². The van der Waals surface area contributed by atoms with Gasteiger partial charge in [-0.05, 0) is 52.7 Å². The van der Waals surface area contributed by atoms with Crippen molar-refractivity contribution < 1.29 is 28.9 Å². The fraction of sp³-hybridized carbons (Fsp3) is 0.429. The molecule has 2 aromatic carbocycles. The molecule has 24 heavy (non-hydrogen) atoms. The molecule has 0 aromatic heterocycles. The van der Waals surface area contributed by atoms with E-state index >= 15 is 0 Å². The summed E-state index contributed by atoms with van der Waals surface area (Å²) >= 11 is 0. The number of anilines is 1. The Labute approximate surface area is 163 Å². The summed E-state index contributed by atoms with van der Waals surface area (Å²) in [6.45, 7) is 16.8. The van der Waals surface area contributed by atoms with Gasteiger partial charge in [-0.25, -0.2) is 0 Å². The summed E-state index contributed by atoms with van der Waals surface area (Å²) in [5, 5.41) is 0. The fourth-order valence-corrected chi connectivity index (χ4v) is 4.46. The number of hydrogen-bond donors (Lipinski definition) is 1. The summed E-state index contributed by atoms with van der Waals surface area (Å²) in [4.78, 5) is 4.16. The van der Waals surface area contributed by atoms with Crippen LogP contribution in [0.15, 0.2) is 24.3 Å². The average molecular weight is 436 g/mol. The van der Waals surface area contributed by atoms with Crippen molar-refractivity contribution in [2.75, 3.05) is 24.7 Å². The lowest BCUT2D eigenvalue weighted by molar-refractivity contribution is -0.817. The summed E-state index contributed by atoms with van der Waals surface area (Å²) < 4.78 is 0. The third-order valence-corrected chi connectivity index (χ3v) is 5.05. The molecule has 0 saturated carbocycles. The lowest BCUT2D eigenvalue weighted by Crippen LogP contribution is -3.06. The summed E-state index contributed by atoms with van der Waals surface area (Å²) in [5.74, 6) is 0. The number of quaternary nitrogens is 1. The normalized spacial score (nSPS) is 17.1. The number of benzene rings is 2. The first-order valence-electron chi connectivity index (χ1n) is 8.62. The molecule has 0 radical (unpaired) electrons. The van der Waals surface area contributed by atoms with Gasteiger partial charge < -0.3 is 28.9 Å². The van der Waals surface area contributed by atoms with Crippen molar-refractivity contribution >= 4 is 11.4 Å². The van der Waals surface area contributed by atoms with Crippen LogP contribution in [0, 0.1) is 41.5 Å². The highest BCUT2D eigenvalue weighted by molar-refractivity contribution is 5.60. The van der Waals surface area contributed by atoms with E-state index < -0.39 is 0 Å². The minimum absolute atomic E-state index is 0. The van der Waals surface area contributed by atoms with Gasteiger partial charge in [0.25, 0.3) is 0 Å². The fourth-order valence-electron chi connectivity index (χ4n) is 4.46. The van der Waals surface area contributed by atoms with Crippen LogP contribution in [0.5, 0.6) is 0 Å². The Bertz CT molecular complexity index is 642. The van der Waals surface area contributed by atoms with Crippen molar-refractivity contribution in [3.63, 3.8) is 0 Å². The first-order chi connectivity index (χ1) is 10.9. The zero-order valence-electron chi connectivity index (χ0n) is 15.8. The maximum atomic E-state index is 2.57. The number of hydrogen-bond acceptors (Lipinski definition) is 1. The van der Waals surface area contributed by atoms with E-state index in [2.05, 4.69) is 70.7 Å². The minimum atomic E-state index is 0. The van der Waals surface area contributed by atoms with Gasteiger partial charge in [0.05, 0.1) is 6.54 Å². The third-order valence-electron chi connectivity index (χ3n) is 5.05. The molecular formula is C21H29IN2. The van der Waals surface area contributed by atoms with Gasteiger partial charge in [-0.3, -0.25) is 4.90 Å². The van der Waals surface area contributed by atoms with Crippen LogP contribution in [0.4, 0.5) is 11.4 Å². The van der Waals surface area contributed by atoms with E-state index in [4.69, 9.17) is 0 Å².